The number of hydrogen-bond acceptors (Lipinski definition) is 4. The van der Waals surface area contributed by atoms with Crippen molar-refractivity contribution < 1.29 is 0 Å². The minimum Gasteiger partial charge on any atom is -0.294 e. The van der Waals surface area contributed by atoms with Crippen LogP contribution in [0.1, 0.15) is 42.2 Å². The predicted molar refractivity (Wildman–Crippen MR) is 90.5 cm³/mol. The molecule has 7 heteroatoms. The Kier molecular flexibility index (Phi) is 4.73. The molecule has 23 heavy (non-hydrogen) atoms. The molecule has 0 saturated carbocycles. The quantitative estimate of drug-likeness (QED) is 0.861. The number of piperidine rings is 1. The van der Waals surface area contributed by atoms with E-state index in [-0.39, 0.29) is 0 Å². The minimum absolute atomic E-state index is 0.472. The van der Waals surface area contributed by atoms with E-state index in [1.54, 1.807) is 4.68 Å². The van der Waals surface area contributed by atoms with Crippen LogP contribution in [0.5, 0.6) is 0 Å². The number of hydrogen-bond donors (Lipinski definition) is 0. The van der Waals surface area contributed by atoms with E-state index in [1.165, 1.54) is 19.3 Å². The van der Waals surface area contributed by atoms with Crippen LogP contribution >= 0.6 is 11.6 Å². The van der Waals surface area contributed by atoms with Crippen LogP contribution in [0, 0.1) is 20.8 Å². The van der Waals surface area contributed by atoms with Crippen molar-refractivity contribution in [1.82, 2.24) is 29.4 Å². The second-order valence-electron chi connectivity index (χ2n) is 6.49. The zero-order valence-electron chi connectivity index (χ0n) is 14.4. The molecule has 0 radical (unpaired) electrons. The predicted octanol–water partition coefficient (Wildman–Crippen LogP) is 2.64. The third-order valence-electron chi connectivity index (χ3n) is 4.73. The zero-order valence-corrected chi connectivity index (χ0v) is 15.1. The maximum atomic E-state index is 6.42. The van der Waals surface area contributed by atoms with Crippen LogP contribution in [-0.4, -0.2) is 42.0 Å². The zero-order chi connectivity index (χ0) is 16.6. The van der Waals surface area contributed by atoms with Crippen molar-refractivity contribution in [1.29, 1.82) is 0 Å². The van der Waals surface area contributed by atoms with E-state index in [1.807, 2.05) is 32.5 Å². The second-order valence-corrected chi connectivity index (χ2v) is 6.84. The molecule has 126 valence electrons. The van der Waals surface area contributed by atoms with Crippen molar-refractivity contribution in [2.24, 2.45) is 7.05 Å². The van der Waals surface area contributed by atoms with Gasteiger partial charge in [-0.25, -0.2) is 9.67 Å². The van der Waals surface area contributed by atoms with Crippen molar-refractivity contribution in [3.63, 3.8) is 0 Å². The highest BCUT2D eigenvalue weighted by Crippen LogP contribution is 2.26. The summed E-state index contributed by atoms with van der Waals surface area (Å²) in [6.07, 6.45) is 3.70. The number of aromatic nitrogens is 5. The average molecular weight is 337 g/mol. The first-order valence-electron chi connectivity index (χ1n) is 8.25. The SMILES string of the molecule is Cc1nc(C)n(CC2CCCCN2Cc2c(C)nn(C)c2Cl)n1. The number of rotatable bonds is 4. The Morgan fingerprint density at radius 2 is 1.96 bits per heavy atom. The van der Waals surface area contributed by atoms with Crippen molar-refractivity contribution >= 4 is 11.6 Å². The number of aryl methyl sites for hydroxylation is 4. The molecule has 0 amide bonds. The highest BCUT2D eigenvalue weighted by molar-refractivity contribution is 6.30. The molecule has 2 aromatic rings. The van der Waals surface area contributed by atoms with Gasteiger partial charge in [-0.3, -0.25) is 9.58 Å². The Balaban J connectivity index is 1.77. The summed E-state index contributed by atoms with van der Waals surface area (Å²) in [5, 5.41) is 9.70. The van der Waals surface area contributed by atoms with Crippen LogP contribution in [0.3, 0.4) is 0 Å². The standard InChI is InChI=1S/C16H25ClN6/c1-11-15(16(17)21(4)19-11)10-22-8-6-5-7-14(22)9-23-13(3)18-12(2)20-23/h14H,5-10H2,1-4H3. The summed E-state index contributed by atoms with van der Waals surface area (Å²) >= 11 is 6.42. The van der Waals surface area contributed by atoms with Gasteiger partial charge in [-0.05, 0) is 40.2 Å². The molecular formula is C16H25ClN6. The van der Waals surface area contributed by atoms with Crippen molar-refractivity contribution in [2.75, 3.05) is 6.54 Å². The third kappa shape index (κ3) is 3.43. The summed E-state index contributed by atoms with van der Waals surface area (Å²) in [6.45, 7) is 8.85. The topological polar surface area (TPSA) is 51.8 Å². The molecule has 0 spiro atoms. The molecule has 1 saturated heterocycles. The summed E-state index contributed by atoms with van der Waals surface area (Å²) in [4.78, 5) is 6.94. The Bertz CT molecular complexity index is 689. The molecule has 1 aliphatic heterocycles. The largest absolute Gasteiger partial charge is 0.294 e. The molecular weight excluding hydrogens is 312 g/mol. The lowest BCUT2D eigenvalue weighted by atomic mass is 10.0. The van der Waals surface area contributed by atoms with E-state index in [0.29, 0.717) is 6.04 Å². The van der Waals surface area contributed by atoms with Gasteiger partial charge in [0.15, 0.2) is 0 Å². The van der Waals surface area contributed by atoms with Crippen LogP contribution in [0.15, 0.2) is 0 Å². The fraction of sp³-hybridized carbons (Fsp3) is 0.688. The van der Waals surface area contributed by atoms with E-state index in [9.17, 15) is 0 Å². The Morgan fingerprint density at radius 1 is 1.17 bits per heavy atom. The van der Waals surface area contributed by atoms with Crippen molar-refractivity contribution in [3.8, 4) is 0 Å². The highest BCUT2D eigenvalue weighted by Gasteiger charge is 2.26. The van der Waals surface area contributed by atoms with Crippen LogP contribution < -0.4 is 0 Å². The molecule has 1 fully saturated rings. The van der Waals surface area contributed by atoms with Gasteiger partial charge in [0.2, 0.25) is 0 Å². The molecule has 0 aromatic carbocycles. The van der Waals surface area contributed by atoms with Crippen LogP contribution in [0.2, 0.25) is 5.15 Å². The fourth-order valence-corrected chi connectivity index (χ4v) is 3.70. The minimum atomic E-state index is 0.472. The van der Waals surface area contributed by atoms with Crippen LogP contribution in [0.25, 0.3) is 0 Å². The Labute approximate surface area is 142 Å². The van der Waals surface area contributed by atoms with Crippen molar-refractivity contribution in [2.45, 2.75) is 59.2 Å². The first-order valence-corrected chi connectivity index (χ1v) is 8.63. The van der Waals surface area contributed by atoms with Gasteiger partial charge >= 0.3 is 0 Å². The Morgan fingerprint density at radius 3 is 2.57 bits per heavy atom. The van der Waals surface area contributed by atoms with Gasteiger partial charge in [0.25, 0.3) is 0 Å². The second kappa shape index (κ2) is 6.61. The molecule has 3 heterocycles. The lowest BCUT2D eigenvalue weighted by molar-refractivity contribution is 0.121. The third-order valence-corrected chi connectivity index (χ3v) is 5.20. The van der Waals surface area contributed by atoms with Crippen LogP contribution in [-0.2, 0) is 20.1 Å². The molecule has 0 bridgehead atoms. The molecule has 1 atom stereocenters. The van der Waals surface area contributed by atoms with Gasteiger partial charge in [0.1, 0.15) is 16.8 Å². The molecule has 6 nitrogen and oxygen atoms in total. The Hall–Kier alpha value is -1.40. The van der Waals surface area contributed by atoms with Gasteiger partial charge in [-0.1, -0.05) is 18.0 Å². The molecule has 1 unspecified atom stereocenters. The van der Waals surface area contributed by atoms with E-state index in [0.717, 1.165) is 47.7 Å². The fourth-order valence-electron chi connectivity index (χ4n) is 3.47. The molecule has 3 rings (SSSR count). The van der Waals surface area contributed by atoms with E-state index in [2.05, 4.69) is 20.1 Å². The number of nitrogens with zero attached hydrogens (tertiary/aromatic N) is 6. The van der Waals surface area contributed by atoms with Gasteiger partial charge in [0.05, 0.1) is 12.2 Å². The molecule has 2 aromatic heterocycles. The molecule has 1 aliphatic rings. The first-order chi connectivity index (χ1) is 11.0. The summed E-state index contributed by atoms with van der Waals surface area (Å²) in [5.41, 5.74) is 2.17. The lowest BCUT2D eigenvalue weighted by Gasteiger charge is -2.35. The van der Waals surface area contributed by atoms with Gasteiger partial charge in [-0.15, -0.1) is 0 Å². The number of likely N-dealkylation sites (tertiary alicyclic amines) is 1. The molecule has 0 aliphatic carbocycles. The van der Waals surface area contributed by atoms with Gasteiger partial charge < -0.3 is 0 Å². The summed E-state index contributed by atoms with van der Waals surface area (Å²) < 4.78 is 3.80. The summed E-state index contributed by atoms with van der Waals surface area (Å²) in [6, 6.07) is 0.472. The van der Waals surface area contributed by atoms with E-state index < -0.39 is 0 Å². The van der Waals surface area contributed by atoms with E-state index >= 15 is 0 Å². The maximum absolute atomic E-state index is 6.42. The lowest BCUT2D eigenvalue weighted by Crippen LogP contribution is -2.42. The highest BCUT2D eigenvalue weighted by atomic mass is 35.5. The van der Waals surface area contributed by atoms with Gasteiger partial charge in [-0.2, -0.15) is 10.2 Å². The van der Waals surface area contributed by atoms with Gasteiger partial charge in [0, 0.05) is 25.2 Å². The first kappa shape index (κ1) is 16.5. The average Bonchev–Trinajstić information content (AvgIpc) is 2.94. The normalized spacial score (nSPS) is 19.4. The summed E-state index contributed by atoms with van der Waals surface area (Å²) in [5.74, 6) is 1.83. The maximum Gasteiger partial charge on any atom is 0.147 e. The summed E-state index contributed by atoms with van der Waals surface area (Å²) in [7, 11) is 1.90. The monoisotopic (exact) mass is 336 g/mol. The molecule has 0 N–H and O–H groups in total. The van der Waals surface area contributed by atoms with Crippen molar-refractivity contribution in [3.05, 3.63) is 28.1 Å². The van der Waals surface area contributed by atoms with Crippen LogP contribution in [0.4, 0.5) is 0 Å². The smallest absolute Gasteiger partial charge is 0.147 e. The number of halogens is 1. The van der Waals surface area contributed by atoms with E-state index in [4.69, 9.17) is 11.6 Å².